The number of nitrogens with zero attached hydrogens (tertiary/aromatic N) is 1. The first-order chi connectivity index (χ1) is 8.04. The summed E-state index contributed by atoms with van der Waals surface area (Å²) in [5, 5.41) is 4.63. The first kappa shape index (κ1) is 12.2. The third-order valence-corrected chi connectivity index (χ3v) is 3.50. The van der Waals surface area contributed by atoms with Crippen molar-refractivity contribution in [2.24, 2.45) is 0 Å². The Bertz CT molecular complexity index is 523. The van der Waals surface area contributed by atoms with E-state index in [-0.39, 0.29) is 0 Å². The lowest BCUT2D eigenvalue weighted by atomic mass is 10.1. The lowest BCUT2D eigenvalue weighted by Gasteiger charge is -2.14. The second-order valence-corrected chi connectivity index (χ2v) is 5.08. The Morgan fingerprint density at radius 1 is 1.12 bits per heavy atom. The van der Waals surface area contributed by atoms with Gasteiger partial charge in [-0.25, -0.2) is 0 Å². The smallest absolute Gasteiger partial charge is 0.0485 e. The Morgan fingerprint density at radius 2 is 1.82 bits per heavy atom. The molecule has 1 N–H and O–H groups in total. The number of rotatable bonds is 3. The number of aryl methyl sites for hydroxylation is 1. The van der Waals surface area contributed by atoms with Crippen molar-refractivity contribution >= 4 is 10.9 Å². The highest BCUT2D eigenvalue weighted by Gasteiger charge is 2.10. The maximum Gasteiger partial charge on any atom is 0.0485 e. The van der Waals surface area contributed by atoms with Gasteiger partial charge < -0.3 is 9.88 Å². The molecule has 2 heteroatoms. The van der Waals surface area contributed by atoms with E-state index in [0.29, 0.717) is 12.1 Å². The second kappa shape index (κ2) is 4.53. The largest absolute Gasteiger partial charge is 0.342 e. The minimum Gasteiger partial charge on any atom is -0.342 e. The van der Waals surface area contributed by atoms with Crippen molar-refractivity contribution < 1.29 is 0 Å². The van der Waals surface area contributed by atoms with Gasteiger partial charge >= 0.3 is 0 Å². The van der Waals surface area contributed by atoms with Gasteiger partial charge in [-0.1, -0.05) is 6.07 Å². The van der Waals surface area contributed by atoms with Crippen LogP contribution in [0.25, 0.3) is 10.9 Å². The number of fused-ring (bicyclic) bond motifs is 1. The van der Waals surface area contributed by atoms with Crippen LogP contribution in [0.4, 0.5) is 0 Å². The molecule has 1 aromatic carbocycles. The topological polar surface area (TPSA) is 17.0 Å². The molecule has 2 nitrogen and oxygen atoms in total. The number of hydrogen-bond donors (Lipinski definition) is 1. The van der Waals surface area contributed by atoms with Crippen LogP contribution in [0, 0.1) is 6.92 Å². The Kier molecular flexibility index (Phi) is 3.25. The normalized spacial score (nSPS) is 13.5. The zero-order valence-corrected chi connectivity index (χ0v) is 11.4. The molecule has 0 aliphatic heterocycles. The molecule has 0 spiro atoms. The molecular weight excluding hydrogens is 208 g/mol. The van der Waals surface area contributed by atoms with E-state index in [0.717, 1.165) is 0 Å². The fraction of sp³-hybridized carbons (Fsp3) is 0.467. The van der Waals surface area contributed by atoms with Crippen LogP contribution in [0.5, 0.6) is 0 Å². The van der Waals surface area contributed by atoms with Gasteiger partial charge in [0.1, 0.15) is 0 Å². The molecule has 0 bridgehead atoms. The van der Waals surface area contributed by atoms with Crippen molar-refractivity contribution in [3.63, 3.8) is 0 Å². The Morgan fingerprint density at radius 3 is 2.41 bits per heavy atom. The third kappa shape index (κ3) is 2.09. The van der Waals surface area contributed by atoms with E-state index in [2.05, 4.69) is 61.8 Å². The van der Waals surface area contributed by atoms with E-state index >= 15 is 0 Å². The van der Waals surface area contributed by atoms with Crippen LogP contribution in [0.15, 0.2) is 24.3 Å². The highest BCUT2D eigenvalue weighted by atomic mass is 15.0. The quantitative estimate of drug-likeness (QED) is 0.848. The maximum absolute atomic E-state index is 3.28. The summed E-state index contributed by atoms with van der Waals surface area (Å²) < 4.78 is 2.39. The van der Waals surface area contributed by atoms with Gasteiger partial charge in [-0.15, -0.1) is 0 Å². The molecule has 1 unspecified atom stereocenters. The summed E-state index contributed by atoms with van der Waals surface area (Å²) >= 11 is 0. The van der Waals surface area contributed by atoms with Crippen LogP contribution in [0.3, 0.4) is 0 Å². The van der Waals surface area contributed by atoms with Gasteiger partial charge in [0.25, 0.3) is 0 Å². The second-order valence-electron chi connectivity index (χ2n) is 5.08. The highest BCUT2D eigenvalue weighted by Crippen LogP contribution is 2.26. The van der Waals surface area contributed by atoms with Crippen LogP contribution >= 0.6 is 0 Å². The number of aromatic nitrogens is 1. The van der Waals surface area contributed by atoms with Crippen molar-refractivity contribution in [3.05, 3.63) is 35.5 Å². The summed E-state index contributed by atoms with van der Waals surface area (Å²) in [5.74, 6) is 0. The Labute approximate surface area is 104 Å². The molecule has 1 aromatic heterocycles. The highest BCUT2D eigenvalue weighted by molar-refractivity contribution is 5.82. The first-order valence-corrected chi connectivity index (χ1v) is 6.33. The van der Waals surface area contributed by atoms with E-state index in [1.54, 1.807) is 0 Å². The SMILES string of the molecule is CNC(C)c1ccc2c(c1)cc(C)n2C(C)C. The average molecular weight is 230 g/mol. The minimum absolute atomic E-state index is 0.405. The van der Waals surface area contributed by atoms with Crippen molar-refractivity contribution in [1.82, 2.24) is 9.88 Å². The number of hydrogen-bond acceptors (Lipinski definition) is 1. The summed E-state index contributed by atoms with van der Waals surface area (Å²) in [4.78, 5) is 0. The monoisotopic (exact) mass is 230 g/mol. The van der Waals surface area contributed by atoms with Crippen molar-refractivity contribution in [2.75, 3.05) is 7.05 Å². The van der Waals surface area contributed by atoms with Crippen molar-refractivity contribution in [1.29, 1.82) is 0 Å². The molecule has 2 aromatic rings. The third-order valence-electron chi connectivity index (χ3n) is 3.50. The summed E-state index contributed by atoms with van der Waals surface area (Å²) in [7, 11) is 2.00. The summed E-state index contributed by atoms with van der Waals surface area (Å²) in [6.07, 6.45) is 0. The fourth-order valence-electron chi connectivity index (χ4n) is 2.51. The molecule has 0 radical (unpaired) electrons. The van der Waals surface area contributed by atoms with Gasteiger partial charge in [-0.3, -0.25) is 0 Å². The summed E-state index contributed by atoms with van der Waals surface area (Å²) in [6.45, 7) is 8.84. The molecule has 2 rings (SSSR count). The van der Waals surface area contributed by atoms with Crippen LogP contribution in [0.1, 0.15) is 44.1 Å². The van der Waals surface area contributed by atoms with Gasteiger partial charge in [-0.05, 0) is 58.5 Å². The van der Waals surface area contributed by atoms with E-state index in [1.165, 1.54) is 22.2 Å². The van der Waals surface area contributed by atoms with Gasteiger partial charge in [-0.2, -0.15) is 0 Å². The molecule has 92 valence electrons. The van der Waals surface area contributed by atoms with Gasteiger partial charge in [0, 0.05) is 28.7 Å². The molecule has 1 heterocycles. The molecule has 0 aliphatic carbocycles. The lowest BCUT2D eigenvalue weighted by Crippen LogP contribution is -2.12. The zero-order valence-electron chi connectivity index (χ0n) is 11.4. The van der Waals surface area contributed by atoms with E-state index in [4.69, 9.17) is 0 Å². The molecule has 17 heavy (non-hydrogen) atoms. The maximum atomic E-state index is 3.28. The minimum atomic E-state index is 0.405. The van der Waals surface area contributed by atoms with Crippen LogP contribution < -0.4 is 5.32 Å². The van der Waals surface area contributed by atoms with Gasteiger partial charge in [0.15, 0.2) is 0 Å². The Balaban J connectivity index is 2.57. The molecule has 1 atom stereocenters. The molecule has 0 saturated carbocycles. The number of benzene rings is 1. The van der Waals surface area contributed by atoms with Crippen molar-refractivity contribution in [2.45, 2.75) is 39.8 Å². The lowest BCUT2D eigenvalue weighted by molar-refractivity contribution is 0.607. The van der Waals surface area contributed by atoms with E-state index in [1.807, 2.05) is 7.05 Å². The molecule has 0 amide bonds. The molecule has 0 aliphatic rings. The average Bonchev–Trinajstić information content (AvgIpc) is 2.62. The fourth-order valence-corrected chi connectivity index (χ4v) is 2.51. The predicted octanol–water partition coefficient (Wildman–Crippen LogP) is 3.81. The summed E-state index contributed by atoms with van der Waals surface area (Å²) in [5.41, 5.74) is 4.02. The van der Waals surface area contributed by atoms with Crippen LogP contribution in [-0.4, -0.2) is 11.6 Å². The van der Waals surface area contributed by atoms with E-state index < -0.39 is 0 Å². The van der Waals surface area contributed by atoms with Crippen LogP contribution in [0.2, 0.25) is 0 Å². The van der Waals surface area contributed by atoms with Gasteiger partial charge in [0.2, 0.25) is 0 Å². The predicted molar refractivity (Wildman–Crippen MR) is 74.5 cm³/mol. The van der Waals surface area contributed by atoms with Crippen LogP contribution in [-0.2, 0) is 0 Å². The first-order valence-electron chi connectivity index (χ1n) is 6.33. The zero-order chi connectivity index (χ0) is 12.6. The number of nitrogens with one attached hydrogen (secondary N) is 1. The molecule has 0 saturated heterocycles. The molecule has 0 fully saturated rings. The van der Waals surface area contributed by atoms with E-state index in [9.17, 15) is 0 Å². The molecular formula is C15H22N2. The van der Waals surface area contributed by atoms with Crippen molar-refractivity contribution in [3.8, 4) is 0 Å². The Hall–Kier alpha value is -1.28. The summed E-state index contributed by atoms with van der Waals surface area (Å²) in [6, 6.07) is 9.96. The van der Waals surface area contributed by atoms with Gasteiger partial charge in [0.05, 0.1) is 0 Å². The standard InChI is InChI=1S/C15H22N2/c1-10(2)17-11(3)8-14-9-13(12(4)16-5)6-7-15(14)17/h6-10,12,16H,1-5H3.